The summed E-state index contributed by atoms with van der Waals surface area (Å²) >= 11 is 3.38. The Morgan fingerprint density at radius 2 is 2.00 bits per heavy atom. The Hall–Kier alpha value is -2.81. The zero-order chi connectivity index (χ0) is 20.1. The Kier molecular flexibility index (Phi) is 6.35. The quantitative estimate of drug-likeness (QED) is 0.555. The molecular weight excluding hydrogens is 429 g/mol. The lowest BCUT2D eigenvalue weighted by atomic mass is 10.2. The second-order valence-electron chi connectivity index (χ2n) is 6.03. The van der Waals surface area contributed by atoms with E-state index >= 15 is 0 Å². The summed E-state index contributed by atoms with van der Waals surface area (Å²) in [6, 6.07) is 12.1. The first-order valence-electron chi connectivity index (χ1n) is 8.64. The highest BCUT2D eigenvalue weighted by Crippen LogP contribution is 2.19. The van der Waals surface area contributed by atoms with Crippen LogP contribution in [0.25, 0.3) is 11.4 Å². The minimum absolute atomic E-state index is 0.0456. The fourth-order valence-corrected chi connectivity index (χ4v) is 2.92. The SMILES string of the molecule is CCN(Cc1ccc(OC)c(F)c1)C(=O)Cn1nnc(-c2ccc(Br)cc2)n1. The third-order valence-corrected chi connectivity index (χ3v) is 4.68. The molecule has 0 spiro atoms. The van der Waals surface area contributed by atoms with Crippen molar-refractivity contribution in [1.29, 1.82) is 0 Å². The summed E-state index contributed by atoms with van der Waals surface area (Å²) in [5, 5.41) is 12.2. The molecule has 146 valence electrons. The molecule has 0 radical (unpaired) electrons. The number of aromatic nitrogens is 4. The zero-order valence-electron chi connectivity index (χ0n) is 15.5. The van der Waals surface area contributed by atoms with E-state index in [1.54, 1.807) is 17.0 Å². The predicted octanol–water partition coefficient (Wildman–Crippen LogP) is 3.30. The number of ether oxygens (including phenoxy) is 1. The van der Waals surface area contributed by atoms with Gasteiger partial charge in [0, 0.05) is 23.1 Å². The molecule has 3 aromatic rings. The van der Waals surface area contributed by atoms with Gasteiger partial charge in [0.15, 0.2) is 11.6 Å². The fourth-order valence-electron chi connectivity index (χ4n) is 2.65. The van der Waals surface area contributed by atoms with Gasteiger partial charge < -0.3 is 9.64 Å². The Morgan fingerprint density at radius 1 is 1.25 bits per heavy atom. The molecule has 0 saturated heterocycles. The van der Waals surface area contributed by atoms with Crippen molar-refractivity contribution in [3.63, 3.8) is 0 Å². The van der Waals surface area contributed by atoms with E-state index in [2.05, 4.69) is 31.3 Å². The fraction of sp³-hybridized carbons (Fsp3) is 0.263. The van der Waals surface area contributed by atoms with Crippen LogP contribution < -0.4 is 4.74 Å². The van der Waals surface area contributed by atoms with Crippen LogP contribution in [0.1, 0.15) is 12.5 Å². The van der Waals surface area contributed by atoms with Gasteiger partial charge in [0.1, 0.15) is 6.54 Å². The van der Waals surface area contributed by atoms with Crippen LogP contribution in [0.2, 0.25) is 0 Å². The van der Waals surface area contributed by atoms with Crippen molar-refractivity contribution in [3.8, 4) is 17.1 Å². The number of methoxy groups -OCH3 is 1. The summed E-state index contributed by atoms with van der Waals surface area (Å²) < 4.78 is 19.7. The molecule has 0 aliphatic rings. The van der Waals surface area contributed by atoms with Gasteiger partial charge in [-0.2, -0.15) is 4.80 Å². The van der Waals surface area contributed by atoms with E-state index in [0.29, 0.717) is 17.9 Å². The van der Waals surface area contributed by atoms with Crippen LogP contribution >= 0.6 is 15.9 Å². The number of amides is 1. The van der Waals surface area contributed by atoms with Gasteiger partial charge in [-0.15, -0.1) is 10.2 Å². The lowest BCUT2D eigenvalue weighted by Gasteiger charge is -2.20. The maximum atomic E-state index is 13.9. The Morgan fingerprint density at radius 3 is 2.64 bits per heavy atom. The molecule has 3 rings (SSSR count). The molecule has 1 aromatic heterocycles. The van der Waals surface area contributed by atoms with E-state index in [0.717, 1.165) is 10.0 Å². The minimum atomic E-state index is -0.458. The van der Waals surface area contributed by atoms with Crippen molar-refractivity contribution in [1.82, 2.24) is 25.1 Å². The van der Waals surface area contributed by atoms with Crippen molar-refractivity contribution in [2.45, 2.75) is 20.0 Å². The second kappa shape index (κ2) is 8.92. The summed E-state index contributed by atoms with van der Waals surface area (Å²) in [6.45, 7) is 2.57. The number of rotatable bonds is 7. The Bertz CT molecular complexity index is 961. The zero-order valence-corrected chi connectivity index (χ0v) is 17.1. The maximum absolute atomic E-state index is 13.9. The molecule has 0 saturated carbocycles. The highest BCUT2D eigenvalue weighted by atomic mass is 79.9. The number of hydrogen-bond acceptors (Lipinski definition) is 5. The van der Waals surface area contributed by atoms with E-state index < -0.39 is 5.82 Å². The summed E-state index contributed by atoms with van der Waals surface area (Å²) in [5.74, 6) is -0.0231. The normalized spacial score (nSPS) is 10.7. The summed E-state index contributed by atoms with van der Waals surface area (Å²) in [5.41, 5.74) is 1.48. The maximum Gasteiger partial charge on any atom is 0.246 e. The van der Waals surface area contributed by atoms with Crippen LogP contribution in [0, 0.1) is 5.82 Å². The third-order valence-electron chi connectivity index (χ3n) is 4.16. The van der Waals surface area contributed by atoms with Crippen LogP contribution in [-0.2, 0) is 17.9 Å². The van der Waals surface area contributed by atoms with E-state index in [1.807, 2.05) is 31.2 Å². The molecule has 0 unspecified atom stereocenters. The molecule has 28 heavy (non-hydrogen) atoms. The molecule has 1 amide bonds. The first-order valence-corrected chi connectivity index (χ1v) is 9.43. The number of carbonyl (C=O) groups excluding carboxylic acids is 1. The van der Waals surface area contributed by atoms with Gasteiger partial charge in [-0.25, -0.2) is 4.39 Å². The van der Waals surface area contributed by atoms with Gasteiger partial charge in [-0.05, 0) is 54.1 Å². The van der Waals surface area contributed by atoms with E-state index in [4.69, 9.17) is 4.74 Å². The molecule has 0 atom stereocenters. The molecule has 2 aromatic carbocycles. The molecule has 9 heteroatoms. The number of nitrogens with zero attached hydrogens (tertiary/aromatic N) is 5. The van der Waals surface area contributed by atoms with Gasteiger partial charge >= 0.3 is 0 Å². The molecule has 0 aliphatic carbocycles. The molecule has 0 bridgehead atoms. The van der Waals surface area contributed by atoms with Gasteiger partial charge in [0.25, 0.3) is 0 Å². The third kappa shape index (κ3) is 4.72. The van der Waals surface area contributed by atoms with E-state index in [1.165, 1.54) is 18.0 Å². The predicted molar refractivity (Wildman–Crippen MR) is 105 cm³/mol. The Balaban J connectivity index is 1.67. The largest absolute Gasteiger partial charge is 0.494 e. The van der Waals surface area contributed by atoms with Crippen LogP contribution in [0.5, 0.6) is 5.75 Å². The van der Waals surface area contributed by atoms with Crippen LogP contribution in [0.15, 0.2) is 46.9 Å². The van der Waals surface area contributed by atoms with Crippen LogP contribution in [0.3, 0.4) is 0 Å². The smallest absolute Gasteiger partial charge is 0.246 e. The van der Waals surface area contributed by atoms with E-state index in [-0.39, 0.29) is 24.7 Å². The number of benzene rings is 2. The van der Waals surface area contributed by atoms with Crippen LogP contribution in [0.4, 0.5) is 4.39 Å². The van der Waals surface area contributed by atoms with Crippen molar-refractivity contribution in [2.24, 2.45) is 0 Å². The molecular formula is C19H19BrFN5O2. The number of carbonyl (C=O) groups is 1. The molecule has 0 fully saturated rings. The standard InChI is InChI=1S/C19H19BrFN5O2/c1-3-25(11-13-4-9-17(28-2)16(21)10-13)18(27)12-26-23-19(22-24-26)14-5-7-15(20)8-6-14/h4-10H,3,11-12H2,1-2H3. The van der Waals surface area contributed by atoms with Gasteiger partial charge in [0.2, 0.25) is 11.7 Å². The topological polar surface area (TPSA) is 73.1 Å². The highest BCUT2D eigenvalue weighted by Gasteiger charge is 2.16. The summed E-state index contributed by atoms with van der Waals surface area (Å²) in [4.78, 5) is 15.5. The monoisotopic (exact) mass is 447 g/mol. The molecule has 0 aliphatic heterocycles. The summed E-state index contributed by atoms with van der Waals surface area (Å²) in [7, 11) is 1.41. The molecule has 0 N–H and O–H groups in total. The lowest BCUT2D eigenvalue weighted by Crippen LogP contribution is -2.33. The molecule has 7 nitrogen and oxygen atoms in total. The first-order chi connectivity index (χ1) is 13.5. The lowest BCUT2D eigenvalue weighted by molar-refractivity contribution is -0.132. The number of halogens is 2. The van der Waals surface area contributed by atoms with Crippen molar-refractivity contribution in [2.75, 3.05) is 13.7 Å². The minimum Gasteiger partial charge on any atom is -0.494 e. The van der Waals surface area contributed by atoms with Crippen LogP contribution in [-0.4, -0.2) is 44.7 Å². The highest BCUT2D eigenvalue weighted by molar-refractivity contribution is 9.10. The average molecular weight is 448 g/mol. The number of likely N-dealkylation sites (N-methyl/N-ethyl adjacent to an activating group) is 1. The van der Waals surface area contributed by atoms with Crippen molar-refractivity contribution >= 4 is 21.8 Å². The first kappa shape index (κ1) is 19.9. The van der Waals surface area contributed by atoms with Gasteiger partial charge in [-0.3, -0.25) is 4.79 Å². The molecule has 1 heterocycles. The van der Waals surface area contributed by atoms with E-state index in [9.17, 15) is 9.18 Å². The van der Waals surface area contributed by atoms with Crippen molar-refractivity contribution < 1.29 is 13.9 Å². The number of hydrogen-bond donors (Lipinski definition) is 0. The Labute approximate surface area is 170 Å². The number of tetrazole rings is 1. The second-order valence-corrected chi connectivity index (χ2v) is 6.94. The summed E-state index contributed by atoms with van der Waals surface area (Å²) in [6.07, 6.45) is 0. The van der Waals surface area contributed by atoms with Gasteiger partial charge in [0.05, 0.1) is 7.11 Å². The van der Waals surface area contributed by atoms with Gasteiger partial charge in [-0.1, -0.05) is 22.0 Å². The average Bonchev–Trinajstić information content (AvgIpc) is 3.15. The van der Waals surface area contributed by atoms with Crippen molar-refractivity contribution in [3.05, 3.63) is 58.3 Å².